The summed E-state index contributed by atoms with van der Waals surface area (Å²) in [7, 11) is 0.960. The normalized spacial score (nSPS) is 22.8. The molecule has 0 spiro atoms. The molecule has 4 N–H and O–H groups in total. The maximum absolute atomic E-state index is 12.0. The van der Waals surface area contributed by atoms with Crippen LogP contribution in [0.15, 0.2) is 21.5 Å². The summed E-state index contributed by atoms with van der Waals surface area (Å²) in [6.07, 6.45) is 4.05. The number of hydrogen-bond acceptors (Lipinski definition) is 4. The van der Waals surface area contributed by atoms with E-state index in [0.717, 1.165) is 25.7 Å². The number of nitrogens with two attached hydrogens (primary N) is 1. The molecule has 1 heterocycles. The van der Waals surface area contributed by atoms with E-state index in [-0.39, 0.29) is 17.1 Å². The highest BCUT2D eigenvalue weighted by Gasteiger charge is 2.26. The van der Waals surface area contributed by atoms with E-state index in [0.29, 0.717) is 24.0 Å². The molecule has 1 aliphatic rings. The van der Waals surface area contributed by atoms with Crippen LogP contribution in [0.1, 0.15) is 48.9 Å². The Balaban J connectivity index is 1.85. The average Bonchev–Trinajstić information content (AvgIpc) is 3.07. The lowest BCUT2D eigenvalue weighted by molar-refractivity contribution is 0.0972. The minimum Gasteiger partial charge on any atom is -0.454 e. The smallest absolute Gasteiger partial charge is 0.284 e. The van der Waals surface area contributed by atoms with Gasteiger partial charge in [0.05, 0.1) is 6.54 Å². The highest BCUT2D eigenvalue weighted by Crippen LogP contribution is 2.23. The summed E-state index contributed by atoms with van der Waals surface area (Å²) in [5.41, 5.74) is 5.17. The summed E-state index contributed by atoms with van der Waals surface area (Å²) in [6.45, 7) is 2.38. The van der Waals surface area contributed by atoms with Crippen LogP contribution in [-0.2, 0) is 17.3 Å². The molecule has 1 fully saturated rings. The third-order valence-electron chi connectivity index (χ3n) is 4.18. The van der Waals surface area contributed by atoms with E-state index in [4.69, 9.17) is 10.2 Å². The van der Waals surface area contributed by atoms with Crippen LogP contribution in [0, 0.1) is 0 Å². The van der Waals surface area contributed by atoms with Gasteiger partial charge in [0.2, 0.25) is 0 Å². The SMILES string of the molecule is CCS(=O)C1CCCC(NC(=NC)NCc2ccc(C(N)=O)o2)C1. The van der Waals surface area contributed by atoms with Crippen LogP contribution in [0.25, 0.3) is 0 Å². The lowest BCUT2D eigenvalue weighted by atomic mass is 9.95. The standard InChI is InChI=1S/C16H26N4O3S/c1-3-24(22)13-6-4-5-11(9-13)20-16(18-2)19-10-12-7-8-14(23-12)15(17)21/h7-8,11,13H,3-6,9-10H2,1-2H3,(H2,17,21)(H2,18,19,20). The van der Waals surface area contributed by atoms with Crippen molar-refractivity contribution >= 4 is 22.7 Å². The molecule has 1 aromatic rings. The zero-order valence-electron chi connectivity index (χ0n) is 14.2. The van der Waals surface area contributed by atoms with Crippen molar-refractivity contribution in [1.29, 1.82) is 0 Å². The first kappa shape index (κ1) is 18.5. The van der Waals surface area contributed by atoms with Crippen molar-refractivity contribution in [1.82, 2.24) is 10.6 Å². The Kier molecular flexibility index (Phi) is 6.84. The second-order valence-electron chi connectivity index (χ2n) is 5.86. The molecule has 7 nitrogen and oxygen atoms in total. The number of carbonyl (C=O) groups is 1. The maximum Gasteiger partial charge on any atom is 0.284 e. The summed E-state index contributed by atoms with van der Waals surface area (Å²) < 4.78 is 17.4. The lowest BCUT2D eigenvalue weighted by Gasteiger charge is -2.30. The van der Waals surface area contributed by atoms with Crippen molar-refractivity contribution < 1.29 is 13.4 Å². The van der Waals surface area contributed by atoms with E-state index >= 15 is 0 Å². The van der Waals surface area contributed by atoms with Crippen LogP contribution in [0.2, 0.25) is 0 Å². The largest absolute Gasteiger partial charge is 0.454 e. The summed E-state index contributed by atoms with van der Waals surface area (Å²) in [5, 5.41) is 6.81. The maximum atomic E-state index is 12.0. The predicted molar refractivity (Wildman–Crippen MR) is 95.3 cm³/mol. The highest BCUT2D eigenvalue weighted by atomic mass is 32.2. The summed E-state index contributed by atoms with van der Waals surface area (Å²) in [5.74, 6) is 1.55. The molecule has 0 aromatic carbocycles. The molecule has 3 atom stereocenters. The Labute approximate surface area is 144 Å². The third-order valence-corrected chi connectivity index (χ3v) is 5.92. The molecular weight excluding hydrogens is 328 g/mol. The van der Waals surface area contributed by atoms with Crippen molar-refractivity contribution in [3.8, 4) is 0 Å². The third kappa shape index (κ3) is 5.09. The molecule has 24 heavy (non-hydrogen) atoms. The number of furan rings is 1. The number of primary amides is 1. The molecule has 1 amide bonds. The van der Waals surface area contributed by atoms with Gasteiger partial charge in [0, 0.05) is 34.9 Å². The van der Waals surface area contributed by atoms with Crippen molar-refractivity contribution in [2.24, 2.45) is 10.7 Å². The van der Waals surface area contributed by atoms with E-state index in [1.165, 1.54) is 0 Å². The fourth-order valence-corrected chi connectivity index (χ4v) is 4.26. The van der Waals surface area contributed by atoms with Crippen LogP contribution < -0.4 is 16.4 Å². The van der Waals surface area contributed by atoms with E-state index in [9.17, 15) is 9.00 Å². The summed E-state index contributed by atoms with van der Waals surface area (Å²) in [6, 6.07) is 3.53. The van der Waals surface area contributed by atoms with Crippen molar-refractivity contribution in [2.75, 3.05) is 12.8 Å². The van der Waals surface area contributed by atoms with E-state index in [2.05, 4.69) is 15.6 Å². The second kappa shape index (κ2) is 8.86. The van der Waals surface area contributed by atoms with Crippen LogP contribution in [0.5, 0.6) is 0 Å². The zero-order valence-corrected chi connectivity index (χ0v) is 15.0. The second-order valence-corrected chi connectivity index (χ2v) is 7.86. The number of amides is 1. The monoisotopic (exact) mass is 354 g/mol. The van der Waals surface area contributed by atoms with Gasteiger partial charge in [-0.1, -0.05) is 13.3 Å². The lowest BCUT2D eigenvalue weighted by Crippen LogP contribution is -2.46. The molecular formula is C16H26N4O3S. The molecule has 0 aliphatic heterocycles. The Morgan fingerprint density at radius 2 is 2.25 bits per heavy atom. The van der Waals surface area contributed by atoms with Gasteiger partial charge in [-0.2, -0.15) is 0 Å². The van der Waals surface area contributed by atoms with E-state index in [1.807, 2.05) is 6.92 Å². The quantitative estimate of drug-likeness (QED) is 0.524. The molecule has 1 aromatic heterocycles. The first-order chi connectivity index (χ1) is 11.5. The zero-order chi connectivity index (χ0) is 17.5. The molecule has 1 aliphatic carbocycles. The number of nitrogens with zero attached hydrogens (tertiary/aromatic N) is 1. The van der Waals surface area contributed by atoms with Crippen LogP contribution in [-0.4, -0.2) is 40.2 Å². The van der Waals surface area contributed by atoms with Crippen LogP contribution in [0.3, 0.4) is 0 Å². The predicted octanol–water partition coefficient (Wildman–Crippen LogP) is 1.12. The molecule has 1 saturated carbocycles. The molecule has 0 radical (unpaired) electrons. The molecule has 2 rings (SSSR count). The first-order valence-corrected chi connectivity index (χ1v) is 9.64. The van der Waals surface area contributed by atoms with Gasteiger partial charge in [0.25, 0.3) is 5.91 Å². The van der Waals surface area contributed by atoms with Gasteiger partial charge in [-0.3, -0.25) is 14.0 Å². The van der Waals surface area contributed by atoms with Crippen molar-refractivity contribution in [3.63, 3.8) is 0 Å². The van der Waals surface area contributed by atoms with Crippen molar-refractivity contribution in [2.45, 2.75) is 50.4 Å². The van der Waals surface area contributed by atoms with Gasteiger partial charge in [-0.05, 0) is 31.4 Å². The summed E-state index contributed by atoms with van der Waals surface area (Å²) in [4.78, 5) is 15.2. The summed E-state index contributed by atoms with van der Waals surface area (Å²) >= 11 is 0. The van der Waals surface area contributed by atoms with Crippen molar-refractivity contribution in [3.05, 3.63) is 23.7 Å². The molecule has 0 bridgehead atoms. The minimum absolute atomic E-state index is 0.145. The molecule has 3 unspecified atom stereocenters. The number of guanidine groups is 1. The number of aliphatic imine (C=N–C) groups is 1. The van der Waals surface area contributed by atoms with Gasteiger partial charge < -0.3 is 20.8 Å². The van der Waals surface area contributed by atoms with E-state index in [1.54, 1.807) is 19.2 Å². The Bertz CT molecular complexity index is 614. The van der Waals surface area contributed by atoms with Gasteiger partial charge in [0.1, 0.15) is 5.76 Å². The topological polar surface area (TPSA) is 110 Å². The Hall–Kier alpha value is -1.83. The first-order valence-electron chi connectivity index (χ1n) is 8.26. The van der Waals surface area contributed by atoms with Crippen LogP contribution in [0.4, 0.5) is 0 Å². The number of rotatable bonds is 6. The van der Waals surface area contributed by atoms with Gasteiger partial charge in [-0.15, -0.1) is 0 Å². The van der Waals surface area contributed by atoms with Gasteiger partial charge in [-0.25, -0.2) is 0 Å². The Morgan fingerprint density at radius 3 is 2.88 bits per heavy atom. The number of nitrogens with one attached hydrogen (secondary N) is 2. The Morgan fingerprint density at radius 1 is 1.46 bits per heavy atom. The molecule has 0 saturated heterocycles. The van der Waals surface area contributed by atoms with Gasteiger partial charge >= 0.3 is 0 Å². The fraction of sp³-hybridized carbons (Fsp3) is 0.625. The van der Waals surface area contributed by atoms with Gasteiger partial charge in [0.15, 0.2) is 11.7 Å². The van der Waals surface area contributed by atoms with E-state index < -0.39 is 16.7 Å². The van der Waals surface area contributed by atoms with Crippen LogP contribution >= 0.6 is 0 Å². The molecule has 8 heteroatoms. The number of carbonyl (C=O) groups excluding carboxylic acids is 1. The molecule has 134 valence electrons. The number of hydrogen-bond donors (Lipinski definition) is 3. The average molecular weight is 354 g/mol. The highest BCUT2D eigenvalue weighted by molar-refractivity contribution is 7.85. The fourth-order valence-electron chi connectivity index (χ4n) is 2.91. The minimum atomic E-state index is -0.745.